The molecule has 0 radical (unpaired) electrons. The van der Waals surface area contributed by atoms with Crippen LogP contribution in [0.15, 0.2) is 24.4 Å². The molecule has 120 valence electrons. The van der Waals surface area contributed by atoms with Crippen molar-refractivity contribution in [2.75, 3.05) is 7.11 Å². The van der Waals surface area contributed by atoms with Crippen LogP contribution in [0.25, 0.3) is 0 Å². The van der Waals surface area contributed by atoms with Gasteiger partial charge in [0.15, 0.2) is 0 Å². The van der Waals surface area contributed by atoms with E-state index in [0.717, 1.165) is 32.1 Å². The summed E-state index contributed by atoms with van der Waals surface area (Å²) in [5.41, 5.74) is 1.20. The largest absolute Gasteiger partial charge is 0.469 e. The number of nitrogens with one attached hydrogen (secondary N) is 1. The first-order chi connectivity index (χ1) is 10.1. The fraction of sp³-hybridized carbons (Fsp3) is 0.647. The molecule has 0 aromatic heterocycles. The highest BCUT2D eigenvalue weighted by atomic mass is 16.5. The van der Waals surface area contributed by atoms with Crippen LogP contribution >= 0.6 is 0 Å². The van der Waals surface area contributed by atoms with E-state index in [1.54, 1.807) is 6.20 Å². The Bertz CT molecular complexity index is 348. The Morgan fingerprint density at radius 3 is 2.19 bits per heavy atom. The van der Waals surface area contributed by atoms with Crippen molar-refractivity contribution in [3.05, 3.63) is 24.4 Å². The van der Waals surface area contributed by atoms with Gasteiger partial charge in [-0.25, -0.2) is 0 Å². The lowest BCUT2D eigenvalue weighted by Crippen LogP contribution is -2.11. The Kier molecular flexibility index (Phi) is 12.4. The van der Waals surface area contributed by atoms with Gasteiger partial charge in [-0.15, -0.1) is 0 Å². The molecule has 0 saturated carbocycles. The molecule has 21 heavy (non-hydrogen) atoms. The lowest BCUT2D eigenvalue weighted by Gasteiger charge is -2.03. The summed E-state index contributed by atoms with van der Waals surface area (Å²) in [7, 11) is 1.43. The van der Waals surface area contributed by atoms with E-state index in [0.29, 0.717) is 6.42 Å². The van der Waals surface area contributed by atoms with Gasteiger partial charge in [0.05, 0.1) is 7.11 Å². The molecule has 0 bridgehead atoms. The Balaban J connectivity index is 3.34. The molecule has 4 nitrogen and oxygen atoms in total. The van der Waals surface area contributed by atoms with Gasteiger partial charge in [-0.2, -0.15) is 0 Å². The summed E-state index contributed by atoms with van der Waals surface area (Å²) >= 11 is 0. The molecule has 0 saturated heterocycles. The van der Waals surface area contributed by atoms with Gasteiger partial charge < -0.3 is 10.1 Å². The van der Waals surface area contributed by atoms with Crippen molar-refractivity contribution in [2.45, 2.75) is 64.7 Å². The average molecular weight is 295 g/mol. The van der Waals surface area contributed by atoms with Crippen molar-refractivity contribution in [1.29, 1.82) is 0 Å². The molecule has 0 aromatic carbocycles. The minimum absolute atomic E-state index is 0.0518. The first-order valence-electron chi connectivity index (χ1n) is 7.72. The summed E-state index contributed by atoms with van der Waals surface area (Å²) in [6.07, 6.45) is 12.7. The number of ether oxygens (including phenoxy) is 1. The summed E-state index contributed by atoms with van der Waals surface area (Å²) in [6.45, 7) is 5.52. The van der Waals surface area contributed by atoms with Crippen LogP contribution in [0.4, 0.5) is 0 Å². The molecular formula is C17H29NO3. The molecule has 1 N–H and O–H groups in total. The maximum Gasteiger partial charge on any atom is 0.305 e. The Hall–Kier alpha value is -1.58. The van der Waals surface area contributed by atoms with Crippen LogP contribution in [0, 0.1) is 0 Å². The molecule has 0 rings (SSSR count). The second-order valence-electron chi connectivity index (χ2n) is 5.25. The van der Waals surface area contributed by atoms with Crippen LogP contribution in [0.5, 0.6) is 0 Å². The number of hydrogen-bond donors (Lipinski definition) is 1. The van der Waals surface area contributed by atoms with Crippen molar-refractivity contribution >= 4 is 11.9 Å². The lowest BCUT2D eigenvalue weighted by molar-refractivity contribution is -0.140. The van der Waals surface area contributed by atoms with E-state index < -0.39 is 0 Å². The van der Waals surface area contributed by atoms with Crippen LogP contribution in [0.3, 0.4) is 0 Å². The van der Waals surface area contributed by atoms with E-state index in [2.05, 4.69) is 16.6 Å². The molecule has 0 heterocycles. The van der Waals surface area contributed by atoms with Gasteiger partial charge in [0.1, 0.15) is 0 Å². The fourth-order valence-electron chi connectivity index (χ4n) is 1.96. The molecular weight excluding hydrogens is 266 g/mol. The first kappa shape index (κ1) is 19.4. The van der Waals surface area contributed by atoms with Gasteiger partial charge in [0.2, 0.25) is 5.91 Å². The molecule has 0 aliphatic carbocycles. The van der Waals surface area contributed by atoms with Crippen molar-refractivity contribution in [2.24, 2.45) is 0 Å². The Labute approximate surface area is 128 Å². The standard InChI is InChI=1S/C17H29NO3/c1-15(12-10-14-18-16(2)19)11-8-6-4-5-7-9-13-17(20)21-3/h10,14H,1,4-9,11-13H2,2-3H3,(H,18,19)/b14-10+. The van der Waals surface area contributed by atoms with E-state index in [-0.39, 0.29) is 11.9 Å². The molecule has 4 heteroatoms. The van der Waals surface area contributed by atoms with E-state index in [1.165, 1.54) is 38.9 Å². The third-order valence-electron chi connectivity index (χ3n) is 3.20. The van der Waals surface area contributed by atoms with Gasteiger partial charge in [-0.1, -0.05) is 43.9 Å². The van der Waals surface area contributed by atoms with Gasteiger partial charge in [0, 0.05) is 19.5 Å². The Morgan fingerprint density at radius 1 is 1.05 bits per heavy atom. The number of carbonyl (C=O) groups is 2. The van der Waals surface area contributed by atoms with Crippen molar-refractivity contribution in [3.63, 3.8) is 0 Å². The third-order valence-corrected chi connectivity index (χ3v) is 3.20. The number of methoxy groups -OCH3 is 1. The highest BCUT2D eigenvalue weighted by Gasteiger charge is 1.99. The molecule has 0 atom stereocenters. The minimum Gasteiger partial charge on any atom is -0.469 e. The summed E-state index contributed by atoms with van der Waals surface area (Å²) in [4.78, 5) is 21.6. The van der Waals surface area contributed by atoms with Gasteiger partial charge in [-0.3, -0.25) is 9.59 Å². The number of amides is 1. The van der Waals surface area contributed by atoms with Crippen molar-refractivity contribution in [1.82, 2.24) is 5.32 Å². The number of rotatable bonds is 12. The lowest BCUT2D eigenvalue weighted by atomic mass is 10.0. The molecule has 0 aromatic rings. The zero-order chi connectivity index (χ0) is 15.9. The number of allylic oxidation sites excluding steroid dienone is 2. The second-order valence-corrected chi connectivity index (χ2v) is 5.25. The quantitative estimate of drug-likeness (QED) is 0.338. The van der Waals surface area contributed by atoms with Gasteiger partial charge >= 0.3 is 5.97 Å². The smallest absolute Gasteiger partial charge is 0.305 e. The summed E-state index contributed by atoms with van der Waals surface area (Å²) < 4.78 is 4.60. The highest BCUT2D eigenvalue weighted by molar-refractivity contribution is 5.73. The van der Waals surface area contributed by atoms with E-state index >= 15 is 0 Å². The normalized spacial score (nSPS) is 10.6. The average Bonchev–Trinajstić information content (AvgIpc) is 2.45. The van der Waals surface area contributed by atoms with Crippen LogP contribution < -0.4 is 5.32 Å². The van der Waals surface area contributed by atoms with Crippen molar-refractivity contribution in [3.8, 4) is 0 Å². The minimum atomic E-state index is -0.112. The summed E-state index contributed by atoms with van der Waals surface area (Å²) in [5, 5.41) is 2.62. The van der Waals surface area contributed by atoms with Crippen LogP contribution in [-0.2, 0) is 14.3 Å². The maximum atomic E-state index is 10.9. The van der Waals surface area contributed by atoms with Gasteiger partial charge in [-0.05, 0) is 25.7 Å². The summed E-state index contributed by atoms with van der Waals surface area (Å²) in [5.74, 6) is -0.164. The fourth-order valence-corrected chi connectivity index (χ4v) is 1.96. The Morgan fingerprint density at radius 2 is 1.62 bits per heavy atom. The predicted molar refractivity (Wildman–Crippen MR) is 85.7 cm³/mol. The van der Waals surface area contributed by atoms with E-state index in [4.69, 9.17) is 0 Å². The summed E-state index contributed by atoms with van der Waals surface area (Å²) in [6, 6.07) is 0. The number of hydrogen-bond acceptors (Lipinski definition) is 3. The molecule has 0 aliphatic heterocycles. The van der Waals surface area contributed by atoms with E-state index in [9.17, 15) is 9.59 Å². The topological polar surface area (TPSA) is 55.4 Å². The molecule has 0 spiro atoms. The zero-order valence-corrected chi connectivity index (χ0v) is 13.5. The van der Waals surface area contributed by atoms with Crippen molar-refractivity contribution < 1.29 is 14.3 Å². The zero-order valence-electron chi connectivity index (χ0n) is 13.5. The highest BCUT2D eigenvalue weighted by Crippen LogP contribution is 2.13. The monoisotopic (exact) mass is 295 g/mol. The predicted octanol–water partition coefficient (Wildman–Crippen LogP) is 3.88. The van der Waals surface area contributed by atoms with Crippen LogP contribution in [0.2, 0.25) is 0 Å². The third kappa shape index (κ3) is 14.6. The van der Waals surface area contributed by atoms with E-state index in [1.807, 2.05) is 6.08 Å². The number of unbranched alkanes of at least 4 members (excludes halogenated alkanes) is 5. The van der Waals surface area contributed by atoms with Crippen LogP contribution in [0.1, 0.15) is 64.7 Å². The molecule has 1 amide bonds. The molecule has 0 unspecified atom stereocenters. The number of carbonyl (C=O) groups excluding carboxylic acids is 2. The first-order valence-corrected chi connectivity index (χ1v) is 7.72. The SMILES string of the molecule is C=C(C/C=C/NC(C)=O)CCCCCCCCC(=O)OC. The molecule has 0 fully saturated rings. The molecule has 0 aliphatic rings. The van der Waals surface area contributed by atoms with Gasteiger partial charge in [0.25, 0.3) is 0 Å². The second kappa shape index (κ2) is 13.4. The van der Waals surface area contributed by atoms with Crippen LogP contribution in [-0.4, -0.2) is 19.0 Å². The number of esters is 1. The maximum absolute atomic E-state index is 10.9.